The van der Waals surface area contributed by atoms with Gasteiger partial charge < -0.3 is 5.73 Å². The van der Waals surface area contributed by atoms with Crippen molar-refractivity contribution in [1.29, 1.82) is 0 Å². The molecule has 0 radical (unpaired) electrons. The van der Waals surface area contributed by atoms with Crippen molar-refractivity contribution in [3.63, 3.8) is 0 Å². The maximum Gasteiger partial charge on any atom is 0.243 e. The first-order valence-corrected chi connectivity index (χ1v) is 8.20. The minimum Gasteiger partial charge on any atom is -0.398 e. The predicted molar refractivity (Wildman–Crippen MR) is 85.7 cm³/mol. The number of halogens is 1. The van der Waals surface area contributed by atoms with Crippen LogP contribution >= 0.6 is 11.6 Å². The van der Waals surface area contributed by atoms with Crippen LogP contribution in [-0.2, 0) is 16.6 Å². The smallest absolute Gasteiger partial charge is 0.243 e. The summed E-state index contributed by atoms with van der Waals surface area (Å²) in [4.78, 5) is 0.106. The summed E-state index contributed by atoms with van der Waals surface area (Å²) >= 11 is 6.03. The molecule has 0 aromatic heterocycles. The number of nitrogens with zero attached hydrogens (tertiary/aromatic N) is 1. The molecule has 0 saturated carbocycles. The van der Waals surface area contributed by atoms with Crippen molar-refractivity contribution in [3.05, 3.63) is 58.6 Å². The molecule has 0 unspecified atom stereocenters. The lowest BCUT2D eigenvalue weighted by molar-refractivity contribution is 0.467. The van der Waals surface area contributed by atoms with Crippen molar-refractivity contribution in [2.75, 3.05) is 12.8 Å². The topological polar surface area (TPSA) is 63.4 Å². The van der Waals surface area contributed by atoms with E-state index >= 15 is 0 Å². The van der Waals surface area contributed by atoms with Crippen LogP contribution < -0.4 is 5.73 Å². The highest BCUT2D eigenvalue weighted by atomic mass is 35.5. The van der Waals surface area contributed by atoms with E-state index in [0.29, 0.717) is 16.3 Å². The highest BCUT2D eigenvalue weighted by molar-refractivity contribution is 7.89. The average molecular weight is 325 g/mol. The van der Waals surface area contributed by atoms with E-state index in [2.05, 4.69) is 0 Å². The number of rotatable bonds is 4. The molecule has 2 rings (SSSR count). The fourth-order valence-corrected chi connectivity index (χ4v) is 3.44. The van der Waals surface area contributed by atoms with Crippen LogP contribution in [-0.4, -0.2) is 19.8 Å². The third-order valence-electron chi connectivity index (χ3n) is 3.31. The summed E-state index contributed by atoms with van der Waals surface area (Å²) in [6.45, 7) is 2.04. The van der Waals surface area contributed by atoms with Crippen LogP contribution in [0.1, 0.15) is 11.1 Å². The van der Waals surface area contributed by atoms with Gasteiger partial charge in [0.1, 0.15) is 0 Å². The Kier molecular flexibility index (Phi) is 4.56. The number of nitrogens with two attached hydrogens (primary N) is 1. The van der Waals surface area contributed by atoms with Gasteiger partial charge in [-0.2, -0.15) is 4.31 Å². The standard InChI is InChI=1S/C15H17ClN2O2S/c1-11-14(16)8-13(9-15(11)17)21(19,20)18(2)10-12-6-4-3-5-7-12/h3-9H,10,17H2,1-2H3. The summed E-state index contributed by atoms with van der Waals surface area (Å²) in [7, 11) is -2.10. The van der Waals surface area contributed by atoms with E-state index < -0.39 is 10.0 Å². The summed E-state index contributed by atoms with van der Waals surface area (Å²) < 4.78 is 26.4. The van der Waals surface area contributed by atoms with Gasteiger partial charge in [0.05, 0.1) is 4.90 Å². The molecule has 0 amide bonds. The van der Waals surface area contributed by atoms with Crippen LogP contribution in [0.25, 0.3) is 0 Å². The molecular formula is C15H17ClN2O2S. The van der Waals surface area contributed by atoms with Crippen LogP contribution in [0.3, 0.4) is 0 Å². The molecule has 0 aliphatic rings. The zero-order valence-electron chi connectivity index (χ0n) is 11.9. The molecule has 2 aromatic rings. The van der Waals surface area contributed by atoms with Crippen molar-refractivity contribution in [2.24, 2.45) is 0 Å². The second-order valence-electron chi connectivity index (χ2n) is 4.87. The van der Waals surface area contributed by atoms with Crippen LogP contribution in [0.5, 0.6) is 0 Å². The summed E-state index contributed by atoms with van der Waals surface area (Å²) in [5.41, 5.74) is 7.77. The molecule has 4 nitrogen and oxygen atoms in total. The second-order valence-corrected chi connectivity index (χ2v) is 7.32. The third-order valence-corrected chi connectivity index (χ3v) is 5.49. The first-order valence-electron chi connectivity index (χ1n) is 6.38. The van der Waals surface area contributed by atoms with E-state index in [0.717, 1.165) is 5.56 Å². The molecule has 0 bridgehead atoms. The molecule has 0 saturated heterocycles. The Balaban J connectivity index is 2.33. The summed E-state index contributed by atoms with van der Waals surface area (Å²) in [6.07, 6.45) is 0. The van der Waals surface area contributed by atoms with E-state index in [9.17, 15) is 8.42 Å². The molecule has 0 atom stereocenters. The van der Waals surface area contributed by atoms with E-state index in [-0.39, 0.29) is 11.4 Å². The van der Waals surface area contributed by atoms with Crippen LogP contribution in [0, 0.1) is 6.92 Å². The van der Waals surface area contributed by atoms with Gasteiger partial charge in [0.25, 0.3) is 0 Å². The fourth-order valence-electron chi connectivity index (χ4n) is 1.93. The van der Waals surface area contributed by atoms with E-state index in [1.54, 1.807) is 6.92 Å². The number of hydrogen-bond acceptors (Lipinski definition) is 3. The van der Waals surface area contributed by atoms with Gasteiger partial charge in [-0.25, -0.2) is 8.42 Å². The van der Waals surface area contributed by atoms with Crippen molar-refractivity contribution < 1.29 is 8.42 Å². The lowest BCUT2D eigenvalue weighted by atomic mass is 10.2. The van der Waals surface area contributed by atoms with Crippen molar-refractivity contribution in [1.82, 2.24) is 4.31 Å². The van der Waals surface area contributed by atoms with Crippen LogP contribution in [0.15, 0.2) is 47.4 Å². The minimum atomic E-state index is -3.63. The van der Waals surface area contributed by atoms with Crippen molar-refractivity contribution in [2.45, 2.75) is 18.4 Å². The first-order chi connectivity index (χ1) is 9.82. The molecule has 0 aliphatic carbocycles. The SMILES string of the molecule is Cc1c(N)cc(S(=O)(=O)N(C)Cc2ccccc2)cc1Cl. The fraction of sp³-hybridized carbons (Fsp3) is 0.200. The normalized spacial score (nSPS) is 11.8. The molecule has 21 heavy (non-hydrogen) atoms. The monoisotopic (exact) mass is 324 g/mol. The third kappa shape index (κ3) is 3.37. The maximum absolute atomic E-state index is 12.6. The largest absolute Gasteiger partial charge is 0.398 e. The minimum absolute atomic E-state index is 0.106. The van der Waals surface area contributed by atoms with Gasteiger partial charge in [0.2, 0.25) is 10.0 Å². The van der Waals surface area contributed by atoms with Crippen molar-refractivity contribution in [3.8, 4) is 0 Å². The molecule has 6 heteroatoms. The first kappa shape index (κ1) is 15.8. The number of sulfonamides is 1. The lowest BCUT2D eigenvalue weighted by Gasteiger charge is -2.18. The average Bonchev–Trinajstić information content (AvgIpc) is 2.45. The Morgan fingerprint density at radius 2 is 1.81 bits per heavy atom. The summed E-state index contributed by atoms with van der Waals surface area (Å²) in [6, 6.07) is 12.3. The molecule has 0 fully saturated rings. The molecule has 2 aromatic carbocycles. The highest BCUT2D eigenvalue weighted by Gasteiger charge is 2.22. The molecule has 112 valence electrons. The van der Waals surface area contributed by atoms with E-state index in [1.807, 2.05) is 30.3 Å². The molecule has 2 N–H and O–H groups in total. The zero-order valence-corrected chi connectivity index (χ0v) is 13.4. The zero-order chi connectivity index (χ0) is 15.6. The van der Waals surface area contributed by atoms with Gasteiger partial charge in [-0.1, -0.05) is 41.9 Å². The van der Waals surface area contributed by atoms with Gasteiger partial charge >= 0.3 is 0 Å². The number of nitrogen functional groups attached to an aromatic ring is 1. The van der Waals surface area contributed by atoms with Crippen molar-refractivity contribution >= 4 is 27.3 Å². The van der Waals surface area contributed by atoms with Crippen LogP contribution in [0.4, 0.5) is 5.69 Å². The van der Waals surface area contributed by atoms with Crippen LogP contribution in [0.2, 0.25) is 5.02 Å². The number of anilines is 1. The molecule has 0 heterocycles. The van der Waals surface area contributed by atoms with Gasteiger partial charge in [0.15, 0.2) is 0 Å². The van der Waals surface area contributed by atoms with Gasteiger partial charge in [-0.15, -0.1) is 0 Å². The predicted octanol–water partition coefficient (Wildman–Crippen LogP) is 3.05. The Morgan fingerprint density at radius 1 is 1.19 bits per heavy atom. The van der Waals surface area contributed by atoms with Gasteiger partial charge in [-0.3, -0.25) is 0 Å². The second kappa shape index (κ2) is 6.05. The van der Waals surface area contributed by atoms with Gasteiger partial charge in [-0.05, 0) is 30.2 Å². The van der Waals surface area contributed by atoms with E-state index in [1.165, 1.54) is 23.5 Å². The quantitative estimate of drug-likeness (QED) is 0.879. The molecule has 0 aliphatic heterocycles. The maximum atomic E-state index is 12.6. The Morgan fingerprint density at radius 3 is 2.38 bits per heavy atom. The van der Waals surface area contributed by atoms with E-state index in [4.69, 9.17) is 17.3 Å². The number of hydrogen-bond donors (Lipinski definition) is 1. The van der Waals surface area contributed by atoms with Gasteiger partial charge in [0, 0.05) is 24.3 Å². The highest BCUT2D eigenvalue weighted by Crippen LogP contribution is 2.27. The number of benzene rings is 2. The Hall–Kier alpha value is -1.56. The summed E-state index contributed by atoms with van der Waals surface area (Å²) in [5.74, 6) is 0. The Labute approximate surface area is 130 Å². The molecule has 0 spiro atoms. The summed E-state index contributed by atoms with van der Waals surface area (Å²) in [5, 5.41) is 0.349. The molecular weight excluding hydrogens is 308 g/mol. The lowest BCUT2D eigenvalue weighted by Crippen LogP contribution is -2.26. The Bertz CT molecular complexity index is 723.